The van der Waals surface area contributed by atoms with Gasteiger partial charge in [0.05, 0.1) is 11.0 Å². The van der Waals surface area contributed by atoms with E-state index in [-0.39, 0.29) is 0 Å². The second-order valence-electron chi connectivity index (χ2n) is 12.1. The Morgan fingerprint density at radius 2 is 1.04 bits per heavy atom. The summed E-state index contributed by atoms with van der Waals surface area (Å²) >= 11 is 1.89. The Balaban J connectivity index is 1.31. The molecule has 0 unspecified atom stereocenters. The quantitative estimate of drug-likeness (QED) is 0.178. The maximum Gasteiger partial charge on any atom is 0.0547 e. The normalized spacial score (nSPS) is 11.9. The van der Waals surface area contributed by atoms with E-state index in [4.69, 9.17) is 0 Å². The van der Waals surface area contributed by atoms with Crippen LogP contribution < -0.4 is 0 Å². The molecule has 0 aliphatic heterocycles. The first kappa shape index (κ1) is 25.6. The van der Waals surface area contributed by atoms with Crippen molar-refractivity contribution in [1.29, 1.82) is 0 Å². The highest BCUT2D eigenvalue weighted by Crippen LogP contribution is 2.43. The van der Waals surface area contributed by atoms with E-state index in [0.717, 1.165) is 0 Å². The van der Waals surface area contributed by atoms with Crippen molar-refractivity contribution in [2.45, 2.75) is 0 Å². The summed E-state index contributed by atoms with van der Waals surface area (Å²) in [5, 5.41) is 10.3. The first-order valence-electron chi connectivity index (χ1n) is 15.8. The summed E-state index contributed by atoms with van der Waals surface area (Å²) in [6, 6.07) is 60.3. The lowest BCUT2D eigenvalue weighted by Crippen LogP contribution is -1.93. The van der Waals surface area contributed by atoms with E-state index in [9.17, 15) is 0 Å². The molecule has 0 N–H and O–H groups in total. The maximum atomic E-state index is 2.43. The highest BCUT2D eigenvalue weighted by molar-refractivity contribution is 7.25. The van der Waals surface area contributed by atoms with Gasteiger partial charge in [-0.2, -0.15) is 0 Å². The van der Waals surface area contributed by atoms with Gasteiger partial charge in [-0.25, -0.2) is 0 Å². The van der Waals surface area contributed by atoms with E-state index in [2.05, 4.69) is 168 Å². The number of hydrogen-bond donors (Lipinski definition) is 0. The third-order valence-corrected chi connectivity index (χ3v) is 10.7. The topological polar surface area (TPSA) is 4.93 Å². The molecule has 1 nitrogen and oxygen atoms in total. The molecule has 10 rings (SSSR count). The van der Waals surface area contributed by atoms with Crippen molar-refractivity contribution < 1.29 is 0 Å². The van der Waals surface area contributed by atoms with Crippen LogP contribution in [0.25, 0.3) is 91.5 Å². The van der Waals surface area contributed by atoms with Crippen LogP contribution in [0.3, 0.4) is 0 Å². The molecular formula is C44H27NS. The molecule has 46 heavy (non-hydrogen) atoms. The monoisotopic (exact) mass is 601 g/mol. The number of para-hydroxylation sites is 2. The van der Waals surface area contributed by atoms with E-state index in [1.807, 2.05) is 11.3 Å². The number of fused-ring (bicyclic) bond motifs is 9. The fourth-order valence-corrected chi connectivity index (χ4v) is 8.55. The van der Waals surface area contributed by atoms with E-state index < -0.39 is 0 Å². The van der Waals surface area contributed by atoms with Gasteiger partial charge in [0.15, 0.2) is 0 Å². The number of aromatic nitrogens is 1. The van der Waals surface area contributed by atoms with Crippen molar-refractivity contribution in [3.63, 3.8) is 0 Å². The van der Waals surface area contributed by atoms with Crippen LogP contribution in [0.4, 0.5) is 0 Å². The Kier molecular flexibility index (Phi) is 5.51. The molecule has 2 heteroatoms. The SMILES string of the molecule is c1ccc(-c2ccc3c(c2)c(-c2ccc4c5ccccc5n(-c5ccccc5)c4c2)cc2cc4c(cc23)sc2ccccc24)cc1. The molecule has 2 aromatic heterocycles. The molecule has 0 amide bonds. The van der Waals surface area contributed by atoms with Gasteiger partial charge in [0, 0.05) is 36.6 Å². The first-order valence-corrected chi connectivity index (χ1v) is 16.6. The Morgan fingerprint density at radius 1 is 0.348 bits per heavy atom. The summed E-state index contributed by atoms with van der Waals surface area (Å²) in [7, 11) is 0. The van der Waals surface area contributed by atoms with E-state index in [0.29, 0.717) is 0 Å². The van der Waals surface area contributed by atoms with E-state index in [1.54, 1.807) is 0 Å². The van der Waals surface area contributed by atoms with Crippen molar-refractivity contribution in [2.24, 2.45) is 0 Å². The zero-order valence-electron chi connectivity index (χ0n) is 24.9. The van der Waals surface area contributed by atoms with Gasteiger partial charge in [0.2, 0.25) is 0 Å². The van der Waals surface area contributed by atoms with Gasteiger partial charge in [-0.1, -0.05) is 109 Å². The molecule has 2 heterocycles. The van der Waals surface area contributed by atoms with Crippen molar-refractivity contribution in [2.75, 3.05) is 0 Å². The van der Waals surface area contributed by atoms with Gasteiger partial charge >= 0.3 is 0 Å². The van der Waals surface area contributed by atoms with Crippen LogP contribution in [0.5, 0.6) is 0 Å². The average Bonchev–Trinajstić information content (AvgIpc) is 3.65. The van der Waals surface area contributed by atoms with Gasteiger partial charge in [-0.3, -0.25) is 0 Å². The lowest BCUT2D eigenvalue weighted by Gasteiger charge is -2.14. The molecule has 214 valence electrons. The predicted octanol–water partition coefficient (Wildman–Crippen LogP) is 12.8. The highest BCUT2D eigenvalue weighted by Gasteiger charge is 2.17. The van der Waals surface area contributed by atoms with Crippen LogP contribution in [0, 0.1) is 0 Å². The molecule has 0 fully saturated rings. The summed E-state index contributed by atoms with van der Waals surface area (Å²) in [6.45, 7) is 0. The Hall–Kier alpha value is -5.70. The second-order valence-corrected chi connectivity index (χ2v) is 13.2. The average molecular weight is 602 g/mol. The summed E-state index contributed by atoms with van der Waals surface area (Å²) in [4.78, 5) is 0. The van der Waals surface area contributed by atoms with Crippen LogP contribution in [0.2, 0.25) is 0 Å². The third-order valence-electron chi connectivity index (χ3n) is 9.55. The van der Waals surface area contributed by atoms with Gasteiger partial charge in [-0.05, 0) is 98.4 Å². The highest BCUT2D eigenvalue weighted by atomic mass is 32.1. The van der Waals surface area contributed by atoms with Crippen molar-refractivity contribution >= 4 is 74.9 Å². The molecule has 0 aliphatic rings. The maximum absolute atomic E-state index is 2.43. The third kappa shape index (κ3) is 3.81. The fraction of sp³-hybridized carbons (Fsp3) is 0. The number of hydrogen-bond acceptors (Lipinski definition) is 1. The van der Waals surface area contributed by atoms with Crippen LogP contribution in [0.1, 0.15) is 0 Å². The molecule has 0 spiro atoms. The standard InChI is InChI=1S/C44H27NS/c1-3-11-28(12-4-1)29-19-21-33-38-27-44-40(36-16-8-10-18-43(36)46-44)25-31(38)24-37(39(33)23-29)30-20-22-35-34-15-7-9-17-41(34)45(42(35)26-30)32-13-5-2-6-14-32/h1-27H. The van der Waals surface area contributed by atoms with Gasteiger partial charge in [-0.15, -0.1) is 11.3 Å². The zero-order valence-corrected chi connectivity index (χ0v) is 25.8. The van der Waals surface area contributed by atoms with Gasteiger partial charge in [0.25, 0.3) is 0 Å². The van der Waals surface area contributed by atoms with Gasteiger partial charge in [0.1, 0.15) is 0 Å². The van der Waals surface area contributed by atoms with E-state index in [1.165, 1.54) is 91.5 Å². The lowest BCUT2D eigenvalue weighted by molar-refractivity contribution is 1.18. The molecule has 0 bridgehead atoms. The first-order chi connectivity index (χ1) is 22.8. The summed E-state index contributed by atoms with van der Waals surface area (Å²) in [5.74, 6) is 0. The molecule has 8 aromatic carbocycles. The number of nitrogens with zero attached hydrogens (tertiary/aromatic N) is 1. The predicted molar refractivity (Wildman–Crippen MR) is 200 cm³/mol. The summed E-state index contributed by atoms with van der Waals surface area (Å²) < 4.78 is 5.08. The number of rotatable bonds is 3. The Morgan fingerprint density at radius 3 is 1.91 bits per heavy atom. The van der Waals surface area contributed by atoms with Crippen molar-refractivity contribution in [1.82, 2.24) is 4.57 Å². The minimum atomic E-state index is 1.17. The van der Waals surface area contributed by atoms with E-state index >= 15 is 0 Å². The summed E-state index contributed by atoms with van der Waals surface area (Å²) in [5.41, 5.74) is 8.56. The molecule has 0 saturated carbocycles. The largest absolute Gasteiger partial charge is 0.309 e. The van der Waals surface area contributed by atoms with Crippen LogP contribution >= 0.6 is 11.3 Å². The van der Waals surface area contributed by atoms with Crippen LogP contribution in [-0.4, -0.2) is 4.57 Å². The van der Waals surface area contributed by atoms with Crippen molar-refractivity contribution in [3.05, 3.63) is 164 Å². The Labute approximate surface area is 270 Å². The van der Waals surface area contributed by atoms with Gasteiger partial charge < -0.3 is 4.57 Å². The second kappa shape index (κ2) is 9.90. The minimum absolute atomic E-state index is 1.17. The zero-order chi connectivity index (χ0) is 30.2. The minimum Gasteiger partial charge on any atom is -0.309 e. The number of benzene rings is 8. The molecule has 0 saturated heterocycles. The van der Waals surface area contributed by atoms with Crippen molar-refractivity contribution in [3.8, 4) is 27.9 Å². The molecule has 0 aliphatic carbocycles. The lowest BCUT2D eigenvalue weighted by atomic mass is 9.90. The molecule has 0 radical (unpaired) electrons. The fourth-order valence-electron chi connectivity index (χ4n) is 7.42. The summed E-state index contributed by atoms with van der Waals surface area (Å²) in [6.07, 6.45) is 0. The smallest absolute Gasteiger partial charge is 0.0547 e. The molecule has 0 atom stereocenters. The Bertz CT molecular complexity index is 2790. The molecular weight excluding hydrogens is 575 g/mol. The number of thiophene rings is 1. The molecule has 10 aromatic rings. The van der Waals surface area contributed by atoms with Crippen LogP contribution in [-0.2, 0) is 0 Å². The van der Waals surface area contributed by atoms with Crippen LogP contribution in [0.15, 0.2) is 164 Å².